The first-order valence-corrected chi connectivity index (χ1v) is 6.64. The molecular formula is C15H15ClO4. The largest absolute Gasteiger partial charge is 0.493 e. The van der Waals surface area contributed by atoms with Crippen LogP contribution >= 0.6 is 11.6 Å². The molecule has 1 aromatic carbocycles. The summed E-state index contributed by atoms with van der Waals surface area (Å²) in [6.07, 6.45) is 2.02. The van der Waals surface area contributed by atoms with Crippen LogP contribution < -0.4 is 14.9 Å². The standard InChI is InChI=1S/C15H15ClO4/c1-11-15(14(17)7-10-18-11)20-9-2-8-19-13-5-3-12(16)4-6-13/h3-7,10H,2,8-9H2,1H3. The van der Waals surface area contributed by atoms with Crippen LogP contribution in [0, 0.1) is 6.92 Å². The van der Waals surface area contributed by atoms with Gasteiger partial charge in [-0.05, 0) is 31.2 Å². The third-order valence-electron chi connectivity index (χ3n) is 2.63. The Bertz CT molecular complexity index is 604. The highest BCUT2D eigenvalue weighted by Crippen LogP contribution is 2.15. The molecule has 0 unspecified atom stereocenters. The Kier molecular flexibility index (Phi) is 5.07. The Hall–Kier alpha value is -1.94. The van der Waals surface area contributed by atoms with E-state index in [0.717, 1.165) is 5.75 Å². The maximum atomic E-state index is 11.5. The number of benzene rings is 1. The summed E-state index contributed by atoms with van der Waals surface area (Å²) in [5.74, 6) is 1.50. The van der Waals surface area contributed by atoms with Crippen LogP contribution in [0.15, 0.2) is 45.8 Å². The van der Waals surface area contributed by atoms with Gasteiger partial charge in [-0.3, -0.25) is 4.79 Å². The normalized spacial score (nSPS) is 10.3. The lowest BCUT2D eigenvalue weighted by atomic mass is 10.3. The van der Waals surface area contributed by atoms with Crippen molar-refractivity contribution in [2.24, 2.45) is 0 Å². The first kappa shape index (κ1) is 14.5. The van der Waals surface area contributed by atoms with E-state index in [1.165, 1.54) is 12.3 Å². The van der Waals surface area contributed by atoms with Crippen LogP contribution in [0.3, 0.4) is 0 Å². The molecule has 0 fully saturated rings. The first-order valence-electron chi connectivity index (χ1n) is 6.26. The average Bonchev–Trinajstić information content (AvgIpc) is 2.43. The molecule has 0 aliphatic carbocycles. The molecule has 4 nitrogen and oxygen atoms in total. The molecule has 0 saturated heterocycles. The molecular weight excluding hydrogens is 280 g/mol. The topological polar surface area (TPSA) is 48.7 Å². The van der Waals surface area contributed by atoms with E-state index in [-0.39, 0.29) is 11.2 Å². The second kappa shape index (κ2) is 7.01. The van der Waals surface area contributed by atoms with E-state index in [4.69, 9.17) is 25.5 Å². The fourth-order valence-corrected chi connectivity index (χ4v) is 1.75. The molecule has 0 atom stereocenters. The predicted molar refractivity (Wildman–Crippen MR) is 76.8 cm³/mol. The fourth-order valence-electron chi connectivity index (χ4n) is 1.63. The molecule has 1 aromatic heterocycles. The van der Waals surface area contributed by atoms with Gasteiger partial charge in [-0.2, -0.15) is 0 Å². The number of halogens is 1. The Morgan fingerprint density at radius 3 is 2.50 bits per heavy atom. The van der Waals surface area contributed by atoms with E-state index >= 15 is 0 Å². The number of hydrogen-bond donors (Lipinski definition) is 0. The Balaban J connectivity index is 1.74. The van der Waals surface area contributed by atoms with Gasteiger partial charge in [0.05, 0.1) is 19.5 Å². The molecule has 0 N–H and O–H groups in total. The van der Waals surface area contributed by atoms with E-state index in [1.54, 1.807) is 31.2 Å². The maximum absolute atomic E-state index is 11.5. The first-order chi connectivity index (χ1) is 9.66. The summed E-state index contributed by atoms with van der Waals surface area (Å²) in [4.78, 5) is 11.5. The highest BCUT2D eigenvalue weighted by molar-refractivity contribution is 6.30. The average molecular weight is 295 g/mol. The fraction of sp³-hybridized carbons (Fsp3) is 0.267. The predicted octanol–water partition coefficient (Wildman–Crippen LogP) is 3.45. The lowest BCUT2D eigenvalue weighted by Gasteiger charge is -2.08. The molecule has 20 heavy (non-hydrogen) atoms. The van der Waals surface area contributed by atoms with E-state index < -0.39 is 0 Å². The van der Waals surface area contributed by atoms with Gasteiger partial charge in [0.2, 0.25) is 11.2 Å². The highest BCUT2D eigenvalue weighted by atomic mass is 35.5. The van der Waals surface area contributed by atoms with Crippen LogP contribution in [0.5, 0.6) is 11.5 Å². The van der Waals surface area contributed by atoms with Crippen molar-refractivity contribution >= 4 is 11.6 Å². The number of rotatable bonds is 6. The van der Waals surface area contributed by atoms with Gasteiger partial charge in [0.25, 0.3) is 0 Å². The van der Waals surface area contributed by atoms with Gasteiger partial charge >= 0.3 is 0 Å². The van der Waals surface area contributed by atoms with Crippen molar-refractivity contribution in [2.75, 3.05) is 13.2 Å². The number of ether oxygens (including phenoxy) is 2. The summed E-state index contributed by atoms with van der Waals surface area (Å²) in [7, 11) is 0. The third kappa shape index (κ3) is 4.03. The van der Waals surface area contributed by atoms with Crippen molar-refractivity contribution < 1.29 is 13.9 Å². The summed E-state index contributed by atoms with van der Waals surface area (Å²) < 4.78 is 16.0. The van der Waals surface area contributed by atoms with Crippen molar-refractivity contribution in [2.45, 2.75) is 13.3 Å². The summed E-state index contributed by atoms with van der Waals surface area (Å²) in [5, 5.41) is 0.673. The van der Waals surface area contributed by atoms with E-state index in [9.17, 15) is 4.79 Å². The summed E-state index contributed by atoms with van der Waals surface area (Å²) in [6.45, 7) is 2.59. The van der Waals surface area contributed by atoms with Crippen LogP contribution in [0.1, 0.15) is 12.2 Å². The van der Waals surface area contributed by atoms with Gasteiger partial charge in [0.15, 0.2) is 0 Å². The van der Waals surface area contributed by atoms with Crippen LogP contribution in [-0.4, -0.2) is 13.2 Å². The molecule has 0 saturated carbocycles. The van der Waals surface area contributed by atoms with Crippen LogP contribution in [-0.2, 0) is 0 Å². The summed E-state index contributed by atoms with van der Waals surface area (Å²) in [6, 6.07) is 8.49. The number of hydrogen-bond acceptors (Lipinski definition) is 4. The quantitative estimate of drug-likeness (QED) is 0.766. The molecule has 0 bridgehead atoms. The Labute approximate surface area is 121 Å². The smallest absolute Gasteiger partial charge is 0.226 e. The van der Waals surface area contributed by atoms with E-state index in [1.807, 2.05) is 0 Å². The van der Waals surface area contributed by atoms with Gasteiger partial charge in [0, 0.05) is 17.5 Å². The molecule has 2 aromatic rings. The van der Waals surface area contributed by atoms with Gasteiger partial charge < -0.3 is 13.9 Å². The van der Waals surface area contributed by atoms with Gasteiger partial charge in [0.1, 0.15) is 11.5 Å². The van der Waals surface area contributed by atoms with Crippen LogP contribution in [0.25, 0.3) is 0 Å². The van der Waals surface area contributed by atoms with Crippen molar-refractivity contribution in [3.8, 4) is 11.5 Å². The van der Waals surface area contributed by atoms with Crippen molar-refractivity contribution in [3.63, 3.8) is 0 Å². The second-order valence-electron chi connectivity index (χ2n) is 4.17. The van der Waals surface area contributed by atoms with Gasteiger partial charge in [-0.1, -0.05) is 11.6 Å². The van der Waals surface area contributed by atoms with Gasteiger partial charge in [-0.25, -0.2) is 0 Å². The molecule has 5 heteroatoms. The molecule has 1 heterocycles. The van der Waals surface area contributed by atoms with Crippen LogP contribution in [0.2, 0.25) is 5.02 Å². The highest BCUT2D eigenvalue weighted by Gasteiger charge is 2.05. The molecule has 0 spiro atoms. The van der Waals surface area contributed by atoms with Crippen molar-refractivity contribution in [3.05, 3.63) is 57.6 Å². The second-order valence-corrected chi connectivity index (χ2v) is 4.61. The summed E-state index contributed by atoms with van der Waals surface area (Å²) in [5.41, 5.74) is -0.174. The minimum atomic E-state index is -0.174. The Morgan fingerprint density at radius 2 is 1.80 bits per heavy atom. The van der Waals surface area contributed by atoms with E-state index in [0.29, 0.717) is 30.4 Å². The van der Waals surface area contributed by atoms with Crippen LogP contribution in [0.4, 0.5) is 0 Å². The molecule has 2 rings (SSSR count). The number of aryl methyl sites for hydroxylation is 1. The van der Waals surface area contributed by atoms with Crippen molar-refractivity contribution in [1.29, 1.82) is 0 Å². The van der Waals surface area contributed by atoms with E-state index in [2.05, 4.69) is 0 Å². The Morgan fingerprint density at radius 1 is 1.10 bits per heavy atom. The minimum absolute atomic E-state index is 0.174. The monoisotopic (exact) mass is 294 g/mol. The molecule has 106 valence electrons. The lowest BCUT2D eigenvalue weighted by Crippen LogP contribution is -2.11. The molecule has 0 aliphatic rings. The van der Waals surface area contributed by atoms with Crippen molar-refractivity contribution in [1.82, 2.24) is 0 Å². The SMILES string of the molecule is Cc1occc(=O)c1OCCCOc1ccc(Cl)cc1. The molecule has 0 aliphatic heterocycles. The minimum Gasteiger partial charge on any atom is -0.493 e. The zero-order chi connectivity index (χ0) is 14.4. The lowest BCUT2D eigenvalue weighted by molar-refractivity contribution is 0.240. The molecule has 0 radical (unpaired) electrons. The molecule has 0 amide bonds. The maximum Gasteiger partial charge on any atom is 0.226 e. The summed E-state index contributed by atoms with van der Waals surface area (Å²) >= 11 is 5.78. The van der Waals surface area contributed by atoms with Gasteiger partial charge in [-0.15, -0.1) is 0 Å². The zero-order valence-electron chi connectivity index (χ0n) is 11.1. The third-order valence-corrected chi connectivity index (χ3v) is 2.88. The zero-order valence-corrected chi connectivity index (χ0v) is 11.9.